The van der Waals surface area contributed by atoms with Crippen LogP contribution in [0, 0.1) is 5.82 Å². The van der Waals surface area contributed by atoms with Gasteiger partial charge in [0.15, 0.2) is 11.0 Å². The predicted molar refractivity (Wildman–Crippen MR) is 120 cm³/mol. The van der Waals surface area contributed by atoms with Gasteiger partial charge in [0.2, 0.25) is 0 Å². The Hall–Kier alpha value is -1.84. The molecule has 10 heteroatoms. The third kappa shape index (κ3) is 3.54. The molecule has 4 aliphatic heterocycles. The van der Waals surface area contributed by atoms with Gasteiger partial charge >= 0.3 is 6.01 Å². The summed E-state index contributed by atoms with van der Waals surface area (Å²) in [6.07, 6.45) is 3.15. The van der Waals surface area contributed by atoms with E-state index in [2.05, 4.69) is 26.7 Å². The van der Waals surface area contributed by atoms with E-state index in [1.807, 2.05) is 0 Å². The van der Waals surface area contributed by atoms with E-state index in [1.54, 1.807) is 0 Å². The minimum atomic E-state index is -0.847. The Morgan fingerprint density at radius 3 is 3.00 bits per heavy atom. The number of ether oxygens (including phenoxy) is 2. The molecule has 0 aromatic carbocycles. The molecule has 6 heterocycles. The molecule has 2 aromatic rings. The molecule has 0 aliphatic carbocycles. The predicted octanol–water partition coefficient (Wildman–Crippen LogP) is 3.88. The van der Waals surface area contributed by atoms with Gasteiger partial charge < -0.3 is 14.4 Å². The van der Waals surface area contributed by atoms with Crippen molar-refractivity contribution in [3.63, 3.8) is 0 Å². The summed E-state index contributed by atoms with van der Waals surface area (Å²) >= 11 is 6.19. The Morgan fingerprint density at radius 1 is 1.24 bits per heavy atom. The van der Waals surface area contributed by atoms with Crippen LogP contribution < -0.4 is 9.64 Å². The number of aromatic nitrogens is 3. The molecular formula is C23H28ClF2N5O2. The molecule has 2 aromatic heterocycles. The van der Waals surface area contributed by atoms with Gasteiger partial charge in [-0.3, -0.25) is 4.90 Å². The fourth-order valence-electron chi connectivity index (χ4n) is 6.23. The van der Waals surface area contributed by atoms with Crippen LogP contribution in [-0.2, 0) is 4.74 Å². The minimum absolute atomic E-state index is 0.0438. The first kappa shape index (κ1) is 21.7. The smallest absolute Gasteiger partial charge is 0.319 e. The molecule has 0 spiro atoms. The minimum Gasteiger partial charge on any atom is -0.461 e. The van der Waals surface area contributed by atoms with Crippen molar-refractivity contribution in [1.29, 1.82) is 0 Å². The number of anilines is 1. The van der Waals surface area contributed by atoms with Crippen molar-refractivity contribution in [3.8, 4) is 6.01 Å². The molecule has 4 aliphatic rings. The zero-order valence-corrected chi connectivity index (χ0v) is 19.5. The second-order valence-electron chi connectivity index (χ2n) is 9.93. The van der Waals surface area contributed by atoms with Crippen LogP contribution in [0.25, 0.3) is 10.9 Å². The molecule has 0 N–H and O–H groups in total. The highest BCUT2D eigenvalue weighted by Crippen LogP contribution is 2.43. The molecule has 7 nitrogen and oxygen atoms in total. The zero-order chi connectivity index (χ0) is 22.7. The highest BCUT2D eigenvalue weighted by molar-refractivity contribution is 6.30. The van der Waals surface area contributed by atoms with E-state index in [0.717, 1.165) is 38.8 Å². The Kier molecular flexibility index (Phi) is 5.34. The first-order valence-corrected chi connectivity index (χ1v) is 12.3. The Morgan fingerprint density at radius 2 is 2.12 bits per heavy atom. The van der Waals surface area contributed by atoms with Crippen molar-refractivity contribution in [2.75, 3.05) is 44.4 Å². The van der Waals surface area contributed by atoms with Crippen LogP contribution in [0.3, 0.4) is 0 Å². The summed E-state index contributed by atoms with van der Waals surface area (Å²) in [5, 5.41) is 0.413. The van der Waals surface area contributed by atoms with E-state index in [4.69, 9.17) is 26.1 Å². The second-order valence-corrected chi connectivity index (χ2v) is 10.3. The van der Waals surface area contributed by atoms with E-state index in [-0.39, 0.29) is 40.8 Å². The highest BCUT2D eigenvalue weighted by atomic mass is 35.5. The lowest BCUT2D eigenvalue weighted by Crippen LogP contribution is -2.43. The SMILES string of the molecule is C[C@H]1C[C@H]2COCCCN2c2nc(OC[C@@]34CCCN3C[C@H](F)C4)nc3c(F)c(Cl)nc1c23. The van der Waals surface area contributed by atoms with E-state index in [0.29, 0.717) is 43.1 Å². The largest absolute Gasteiger partial charge is 0.461 e. The zero-order valence-electron chi connectivity index (χ0n) is 18.7. The van der Waals surface area contributed by atoms with E-state index < -0.39 is 12.0 Å². The summed E-state index contributed by atoms with van der Waals surface area (Å²) in [6.45, 7) is 5.68. The standard InChI is InChI=1S/C23H28ClF2N5O2/c1-13-8-15-11-32-7-3-6-31(15)21-16-18(13)27-20(24)17(26)19(16)28-22(29-21)33-12-23-4-2-5-30(23)10-14(25)9-23/h13-15H,2-12H2,1H3/t13-,14+,15-,23-/m0/s1. The van der Waals surface area contributed by atoms with Crippen molar-refractivity contribution in [3.05, 3.63) is 16.7 Å². The van der Waals surface area contributed by atoms with Gasteiger partial charge in [-0.25, -0.2) is 13.8 Å². The second kappa shape index (κ2) is 8.13. The van der Waals surface area contributed by atoms with Crippen LogP contribution >= 0.6 is 11.6 Å². The van der Waals surface area contributed by atoms with Crippen LogP contribution in [0.5, 0.6) is 6.01 Å². The number of fused-ring (bicyclic) bond motifs is 3. The summed E-state index contributed by atoms with van der Waals surface area (Å²) in [5.41, 5.74) is 0.514. The molecule has 178 valence electrons. The summed E-state index contributed by atoms with van der Waals surface area (Å²) < 4.78 is 41.4. The van der Waals surface area contributed by atoms with Crippen LogP contribution in [0.1, 0.15) is 50.6 Å². The average Bonchev–Trinajstić information content (AvgIpc) is 3.17. The Labute approximate surface area is 196 Å². The lowest BCUT2D eigenvalue weighted by Gasteiger charge is -2.31. The maximum absolute atomic E-state index is 15.2. The van der Waals surface area contributed by atoms with Crippen molar-refractivity contribution in [2.45, 2.75) is 62.7 Å². The number of alkyl halides is 1. The molecule has 3 saturated heterocycles. The Balaban J connectivity index is 1.44. The molecule has 0 unspecified atom stereocenters. The van der Waals surface area contributed by atoms with E-state index in [1.165, 1.54) is 0 Å². The van der Waals surface area contributed by atoms with Crippen molar-refractivity contribution in [2.24, 2.45) is 0 Å². The first-order valence-electron chi connectivity index (χ1n) is 11.9. The first-order chi connectivity index (χ1) is 15.9. The Bertz CT molecular complexity index is 1090. The quantitative estimate of drug-likeness (QED) is 0.619. The van der Waals surface area contributed by atoms with E-state index >= 15 is 4.39 Å². The third-order valence-corrected chi connectivity index (χ3v) is 8.02. The number of halogens is 3. The normalized spacial score (nSPS) is 31.9. The van der Waals surface area contributed by atoms with Gasteiger partial charge in [-0.2, -0.15) is 9.97 Å². The molecule has 0 radical (unpaired) electrons. The highest BCUT2D eigenvalue weighted by Gasteiger charge is 2.49. The van der Waals surface area contributed by atoms with Crippen LogP contribution in [0.2, 0.25) is 5.15 Å². The maximum atomic E-state index is 15.2. The molecule has 0 bridgehead atoms. The van der Waals surface area contributed by atoms with Crippen molar-refractivity contribution < 1.29 is 18.3 Å². The number of hydrogen-bond acceptors (Lipinski definition) is 7. The monoisotopic (exact) mass is 479 g/mol. The van der Waals surface area contributed by atoms with E-state index in [9.17, 15) is 4.39 Å². The fourth-order valence-corrected chi connectivity index (χ4v) is 6.41. The van der Waals surface area contributed by atoms with Gasteiger partial charge in [-0.1, -0.05) is 18.5 Å². The van der Waals surface area contributed by atoms with Gasteiger partial charge in [0, 0.05) is 32.0 Å². The third-order valence-electron chi connectivity index (χ3n) is 7.77. The van der Waals surface area contributed by atoms with Gasteiger partial charge in [0.1, 0.15) is 24.1 Å². The summed E-state index contributed by atoms with van der Waals surface area (Å²) in [7, 11) is 0. The van der Waals surface area contributed by atoms with Crippen LogP contribution in [0.4, 0.5) is 14.6 Å². The number of hydrogen-bond donors (Lipinski definition) is 0. The summed E-state index contributed by atoms with van der Waals surface area (Å²) in [5.74, 6) is 0.0109. The van der Waals surface area contributed by atoms with Gasteiger partial charge in [-0.05, 0) is 32.2 Å². The average molecular weight is 480 g/mol. The number of pyridine rings is 1. The molecule has 0 saturated carbocycles. The number of rotatable bonds is 3. The summed E-state index contributed by atoms with van der Waals surface area (Å²) in [4.78, 5) is 18.0. The maximum Gasteiger partial charge on any atom is 0.319 e. The number of nitrogens with zero attached hydrogens (tertiary/aromatic N) is 5. The van der Waals surface area contributed by atoms with Gasteiger partial charge in [-0.15, -0.1) is 0 Å². The topological polar surface area (TPSA) is 63.6 Å². The molecule has 4 atom stereocenters. The molecular weight excluding hydrogens is 452 g/mol. The van der Waals surface area contributed by atoms with Gasteiger partial charge in [0.05, 0.1) is 29.3 Å². The summed E-state index contributed by atoms with van der Waals surface area (Å²) in [6, 6.07) is 0.196. The fraction of sp³-hybridized carbons (Fsp3) is 0.696. The van der Waals surface area contributed by atoms with Crippen LogP contribution in [-0.4, -0.2) is 77.1 Å². The lowest BCUT2D eigenvalue weighted by molar-refractivity contribution is 0.107. The van der Waals surface area contributed by atoms with Crippen LogP contribution in [0.15, 0.2) is 0 Å². The molecule has 3 fully saturated rings. The van der Waals surface area contributed by atoms with Crippen molar-refractivity contribution in [1.82, 2.24) is 19.9 Å². The molecule has 0 amide bonds. The van der Waals surface area contributed by atoms with Crippen molar-refractivity contribution >= 4 is 28.3 Å². The molecule has 33 heavy (non-hydrogen) atoms. The molecule has 6 rings (SSSR count). The van der Waals surface area contributed by atoms with Gasteiger partial charge in [0.25, 0.3) is 0 Å². The lowest BCUT2D eigenvalue weighted by atomic mass is 9.95.